The van der Waals surface area contributed by atoms with E-state index < -0.39 is 0 Å². The average Bonchev–Trinajstić information content (AvgIpc) is 2.83. The molecule has 0 atom stereocenters. The number of rotatable bonds is 8. The molecular formula is C24H38O6S3. The first-order valence-corrected chi connectivity index (χ1v) is 14.9. The SMILES string of the molecule is C=CCSSc1ccccc1CSCC1COCCOCCOCCOCCOCCOC1. The molecule has 0 radical (unpaired) electrons. The maximum absolute atomic E-state index is 5.88. The van der Waals surface area contributed by atoms with Crippen LogP contribution in [0.1, 0.15) is 5.56 Å². The lowest BCUT2D eigenvalue weighted by Crippen LogP contribution is -2.22. The van der Waals surface area contributed by atoms with Crippen molar-refractivity contribution >= 4 is 33.3 Å². The number of ether oxygens (including phenoxy) is 6. The molecule has 1 heterocycles. The van der Waals surface area contributed by atoms with Crippen LogP contribution in [0.3, 0.4) is 0 Å². The zero-order valence-electron chi connectivity index (χ0n) is 19.5. The number of benzene rings is 1. The Kier molecular flexibility index (Phi) is 18.5. The molecule has 2 rings (SSSR count). The molecule has 1 aromatic carbocycles. The fourth-order valence-corrected chi connectivity index (χ4v) is 6.07. The summed E-state index contributed by atoms with van der Waals surface area (Å²) >= 11 is 1.93. The van der Waals surface area contributed by atoms with Crippen molar-refractivity contribution in [2.75, 3.05) is 90.8 Å². The normalized spacial score (nSPS) is 19.3. The lowest BCUT2D eigenvalue weighted by atomic mass is 10.2. The molecule has 0 amide bonds. The minimum atomic E-state index is 0.318. The molecule has 9 heteroatoms. The van der Waals surface area contributed by atoms with Gasteiger partial charge in [-0.15, -0.1) is 6.58 Å². The smallest absolute Gasteiger partial charge is 0.0701 e. The van der Waals surface area contributed by atoms with Crippen LogP contribution in [-0.2, 0) is 34.2 Å². The summed E-state index contributed by atoms with van der Waals surface area (Å²) in [6, 6.07) is 8.61. The van der Waals surface area contributed by atoms with Gasteiger partial charge in [0.05, 0.1) is 79.3 Å². The van der Waals surface area contributed by atoms with E-state index in [4.69, 9.17) is 28.4 Å². The molecule has 6 nitrogen and oxygen atoms in total. The molecule has 1 saturated heterocycles. The van der Waals surface area contributed by atoms with Gasteiger partial charge < -0.3 is 28.4 Å². The van der Waals surface area contributed by atoms with Gasteiger partial charge in [-0.25, -0.2) is 0 Å². The number of hydrogen-bond acceptors (Lipinski definition) is 9. The fraction of sp³-hybridized carbons (Fsp3) is 0.667. The lowest BCUT2D eigenvalue weighted by Gasteiger charge is -2.18. The molecule has 188 valence electrons. The van der Waals surface area contributed by atoms with Crippen LogP contribution in [0.4, 0.5) is 0 Å². The molecule has 1 aromatic rings. The van der Waals surface area contributed by atoms with Crippen molar-refractivity contribution in [3.8, 4) is 0 Å². The van der Waals surface area contributed by atoms with Crippen molar-refractivity contribution in [2.24, 2.45) is 5.92 Å². The minimum absolute atomic E-state index is 0.318. The first-order valence-electron chi connectivity index (χ1n) is 11.4. The van der Waals surface area contributed by atoms with Crippen LogP contribution in [0.15, 0.2) is 41.8 Å². The van der Waals surface area contributed by atoms with E-state index in [2.05, 4.69) is 30.8 Å². The lowest BCUT2D eigenvalue weighted by molar-refractivity contribution is -0.0122. The summed E-state index contributed by atoms with van der Waals surface area (Å²) in [7, 11) is 3.64. The molecule has 0 aliphatic carbocycles. The Balaban J connectivity index is 1.75. The van der Waals surface area contributed by atoms with Gasteiger partial charge in [0, 0.05) is 28.1 Å². The highest BCUT2D eigenvalue weighted by molar-refractivity contribution is 8.76. The van der Waals surface area contributed by atoms with Crippen LogP contribution in [0, 0.1) is 5.92 Å². The second-order valence-electron chi connectivity index (χ2n) is 7.24. The molecule has 0 unspecified atom stereocenters. The second kappa shape index (κ2) is 21.1. The van der Waals surface area contributed by atoms with Crippen molar-refractivity contribution in [1.82, 2.24) is 0 Å². The van der Waals surface area contributed by atoms with E-state index in [9.17, 15) is 0 Å². The van der Waals surface area contributed by atoms with Crippen molar-refractivity contribution < 1.29 is 28.4 Å². The highest BCUT2D eigenvalue weighted by Crippen LogP contribution is 2.35. The Morgan fingerprint density at radius 2 is 1.27 bits per heavy atom. The van der Waals surface area contributed by atoms with Crippen LogP contribution in [0.5, 0.6) is 0 Å². The average molecular weight is 519 g/mol. The maximum Gasteiger partial charge on any atom is 0.0701 e. The predicted molar refractivity (Wildman–Crippen MR) is 140 cm³/mol. The Bertz CT molecular complexity index is 587. The van der Waals surface area contributed by atoms with Crippen molar-refractivity contribution in [3.63, 3.8) is 0 Å². The predicted octanol–water partition coefficient (Wildman–Crippen LogP) is 4.58. The molecule has 33 heavy (non-hydrogen) atoms. The summed E-state index contributed by atoms with van der Waals surface area (Å²) in [4.78, 5) is 1.33. The molecule has 1 aliphatic rings. The highest BCUT2D eigenvalue weighted by atomic mass is 33.1. The van der Waals surface area contributed by atoms with Gasteiger partial charge >= 0.3 is 0 Å². The summed E-state index contributed by atoms with van der Waals surface area (Å²) in [6.07, 6.45) is 1.94. The summed E-state index contributed by atoms with van der Waals surface area (Å²) in [5.41, 5.74) is 1.37. The van der Waals surface area contributed by atoms with Gasteiger partial charge in [-0.3, -0.25) is 0 Å². The minimum Gasteiger partial charge on any atom is -0.379 e. The van der Waals surface area contributed by atoms with E-state index in [0.29, 0.717) is 85.2 Å². The molecule has 1 fully saturated rings. The monoisotopic (exact) mass is 518 g/mol. The third-order valence-electron chi connectivity index (χ3n) is 4.49. The molecule has 0 spiro atoms. The van der Waals surface area contributed by atoms with Crippen molar-refractivity contribution in [1.29, 1.82) is 0 Å². The first-order chi connectivity index (χ1) is 16.4. The zero-order chi connectivity index (χ0) is 23.2. The van der Waals surface area contributed by atoms with E-state index in [0.717, 1.165) is 17.3 Å². The van der Waals surface area contributed by atoms with Gasteiger partial charge in [-0.1, -0.05) is 45.9 Å². The van der Waals surface area contributed by atoms with E-state index in [1.54, 1.807) is 0 Å². The highest BCUT2D eigenvalue weighted by Gasteiger charge is 2.12. The Hall–Kier alpha value is -0.230. The van der Waals surface area contributed by atoms with Crippen LogP contribution < -0.4 is 0 Å². The van der Waals surface area contributed by atoms with Gasteiger partial charge in [-0.05, 0) is 11.6 Å². The Labute approximate surface area is 211 Å². The molecule has 0 saturated carbocycles. The van der Waals surface area contributed by atoms with E-state index in [1.807, 2.05) is 39.4 Å². The zero-order valence-corrected chi connectivity index (χ0v) is 21.9. The topological polar surface area (TPSA) is 55.4 Å². The van der Waals surface area contributed by atoms with Gasteiger partial charge in [0.25, 0.3) is 0 Å². The second-order valence-corrected chi connectivity index (χ2v) is 10.7. The molecule has 0 N–H and O–H groups in total. The summed E-state index contributed by atoms with van der Waals surface area (Å²) < 4.78 is 33.8. The molecular weight excluding hydrogens is 480 g/mol. The molecule has 0 aromatic heterocycles. The summed E-state index contributed by atoms with van der Waals surface area (Å²) in [5, 5.41) is 0. The Morgan fingerprint density at radius 1 is 0.758 bits per heavy atom. The number of thioether (sulfide) groups is 1. The largest absolute Gasteiger partial charge is 0.379 e. The maximum atomic E-state index is 5.88. The Morgan fingerprint density at radius 3 is 1.82 bits per heavy atom. The first kappa shape index (κ1) is 29.0. The van der Waals surface area contributed by atoms with Crippen LogP contribution in [0.2, 0.25) is 0 Å². The number of hydrogen-bond donors (Lipinski definition) is 0. The van der Waals surface area contributed by atoms with Gasteiger partial charge in [0.2, 0.25) is 0 Å². The van der Waals surface area contributed by atoms with E-state index >= 15 is 0 Å². The van der Waals surface area contributed by atoms with Crippen LogP contribution in [-0.4, -0.2) is 90.8 Å². The molecule has 1 aliphatic heterocycles. The molecule has 0 bridgehead atoms. The van der Waals surface area contributed by atoms with Gasteiger partial charge in [0.1, 0.15) is 0 Å². The van der Waals surface area contributed by atoms with Gasteiger partial charge in [-0.2, -0.15) is 11.8 Å². The van der Waals surface area contributed by atoms with Crippen molar-refractivity contribution in [2.45, 2.75) is 10.6 Å². The van der Waals surface area contributed by atoms with Crippen LogP contribution >= 0.6 is 33.3 Å². The third-order valence-corrected chi connectivity index (χ3v) is 8.08. The van der Waals surface area contributed by atoms with Gasteiger partial charge in [0.15, 0.2) is 0 Å². The third kappa shape index (κ3) is 15.4. The van der Waals surface area contributed by atoms with E-state index in [1.165, 1.54) is 10.5 Å². The quantitative estimate of drug-likeness (QED) is 0.280. The summed E-state index contributed by atoms with van der Waals surface area (Å²) in [6.45, 7) is 10.8. The summed E-state index contributed by atoms with van der Waals surface area (Å²) in [5.74, 6) is 3.21. The standard InChI is InChI=1S/C24H38O6S3/c1-2-17-32-33-24-6-4-3-5-23(24)21-31-20-22-18-29-15-13-27-11-9-25-7-8-26-10-12-28-14-16-30-19-22/h2-6,22H,1,7-21H2. The van der Waals surface area contributed by atoms with Crippen molar-refractivity contribution in [3.05, 3.63) is 42.5 Å². The van der Waals surface area contributed by atoms with Crippen LogP contribution in [0.25, 0.3) is 0 Å². The van der Waals surface area contributed by atoms with E-state index in [-0.39, 0.29) is 0 Å². The fourth-order valence-electron chi connectivity index (χ4n) is 2.83.